The van der Waals surface area contributed by atoms with Crippen molar-refractivity contribution in [2.75, 3.05) is 11.3 Å². The van der Waals surface area contributed by atoms with Crippen LogP contribution in [-0.2, 0) is 11.0 Å². The van der Waals surface area contributed by atoms with E-state index in [9.17, 15) is 22.9 Å². The summed E-state index contributed by atoms with van der Waals surface area (Å²) in [6.45, 7) is 5.62. The zero-order valence-electron chi connectivity index (χ0n) is 16.5. The van der Waals surface area contributed by atoms with E-state index in [1.807, 2.05) is 0 Å². The fourth-order valence-corrected chi connectivity index (χ4v) is 4.43. The van der Waals surface area contributed by atoms with Gasteiger partial charge >= 0.3 is 0 Å². The first-order chi connectivity index (χ1) is 14.8. The van der Waals surface area contributed by atoms with Crippen molar-refractivity contribution in [1.82, 2.24) is 5.32 Å². The summed E-state index contributed by atoms with van der Waals surface area (Å²) >= 11 is 5.99. The molecule has 1 heterocycles. The average molecular weight is 465 g/mol. The summed E-state index contributed by atoms with van der Waals surface area (Å²) in [5.74, 6) is -2.80. The van der Waals surface area contributed by atoms with Crippen molar-refractivity contribution in [3.8, 4) is 5.75 Å². The maximum absolute atomic E-state index is 14.7. The quantitative estimate of drug-likeness (QED) is 0.549. The van der Waals surface area contributed by atoms with Crippen LogP contribution in [0.15, 0.2) is 59.5 Å². The molecule has 5 nitrogen and oxygen atoms in total. The van der Waals surface area contributed by atoms with Crippen molar-refractivity contribution in [2.45, 2.75) is 18.2 Å². The van der Waals surface area contributed by atoms with Crippen molar-refractivity contribution < 1.29 is 22.9 Å². The van der Waals surface area contributed by atoms with Crippen molar-refractivity contribution in [1.29, 1.82) is 0 Å². The number of carbonyl (C=O) groups is 1. The zero-order valence-corrected chi connectivity index (χ0v) is 18.0. The fraction of sp³-hybridized carbons (Fsp3) is 0.136. The number of phenols is 1. The number of hydrogen-bond acceptors (Lipinski definition) is 3. The van der Waals surface area contributed by atoms with Crippen LogP contribution in [0.4, 0.5) is 14.5 Å². The Bertz CT molecular complexity index is 1160. The van der Waals surface area contributed by atoms with Crippen molar-refractivity contribution >= 4 is 39.8 Å². The highest BCUT2D eigenvalue weighted by Gasteiger charge is 2.22. The van der Waals surface area contributed by atoms with Crippen LogP contribution in [0.5, 0.6) is 5.75 Å². The van der Waals surface area contributed by atoms with Gasteiger partial charge in [-0.15, -0.1) is 0 Å². The standard InChI is InChI=1S/C22H19ClF2N2O3S/c1-3-5-14-12(4-2)6-7-26-22(29)13-8-16(23)21(28)20(9-13)31(30)27-19-10-15(14)17(24)11-18(19)25/h3-5,8-11,27-28H,1,6-7H2,2H3,(H,26,29)/b12-4-,14-5+. The predicted octanol–water partition coefficient (Wildman–Crippen LogP) is 5.11. The van der Waals surface area contributed by atoms with Crippen LogP contribution in [0.25, 0.3) is 5.57 Å². The molecular weight excluding hydrogens is 446 g/mol. The van der Waals surface area contributed by atoms with Gasteiger partial charge in [-0.2, -0.15) is 0 Å². The molecular formula is C22H19ClF2N2O3S. The molecule has 0 fully saturated rings. The number of benzene rings is 2. The molecule has 0 aromatic heterocycles. The lowest BCUT2D eigenvalue weighted by Crippen LogP contribution is -2.25. The molecule has 2 aromatic carbocycles. The lowest BCUT2D eigenvalue weighted by Gasteiger charge is -2.17. The molecule has 9 heteroatoms. The summed E-state index contributed by atoms with van der Waals surface area (Å²) in [5.41, 5.74) is 1.03. The van der Waals surface area contributed by atoms with E-state index in [4.69, 9.17) is 11.6 Å². The Labute approximate surface area is 185 Å². The van der Waals surface area contributed by atoms with Crippen molar-refractivity contribution in [3.63, 3.8) is 0 Å². The monoisotopic (exact) mass is 464 g/mol. The Kier molecular flexibility index (Phi) is 6.92. The van der Waals surface area contributed by atoms with E-state index in [2.05, 4.69) is 16.6 Å². The number of rotatable bonds is 1. The number of anilines is 1. The van der Waals surface area contributed by atoms with Crippen LogP contribution in [0.3, 0.4) is 0 Å². The zero-order chi connectivity index (χ0) is 22.7. The normalized spacial score (nSPS) is 19.5. The number of halogens is 3. The third-order valence-corrected chi connectivity index (χ3v) is 6.10. The first-order valence-electron chi connectivity index (χ1n) is 9.23. The van der Waals surface area contributed by atoms with E-state index in [-0.39, 0.29) is 33.3 Å². The SMILES string of the molecule is C=C/C=C1\C(=C/C)CCNC(=O)c2cc(Cl)c(O)c(c2)S(=O)Nc2cc1c(F)cc2F. The maximum Gasteiger partial charge on any atom is 0.251 e. The van der Waals surface area contributed by atoms with E-state index >= 15 is 0 Å². The number of carbonyl (C=O) groups excluding carboxylic acids is 1. The van der Waals surface area contributed by atoms with Crippen molar-refractivity contribution in [3.05, 3.63) is 82.4 Å². The molecule has 3 N–H and O–H groups in total. The van der Waals surface area contributed by atoms with E-state index in [1.165, 1.54) is 24.3 Å². The van der Waals surface area contributed by atoms with E-state index < -0.39 is 34.3 Å². The minimum absolute atomic E-state index is 0.0632. The van der Waals surface area contributed by atoms with Gasteiger partial charge in [0.2, 0.25) is 0 Å². The van der Waals surface area contributed by atoms with Gasteiger partial charge in [-0.3, -0.25) is 9.52 Å². The third kappa shape index (κ3) is 4.70. The third-order valence-electron chi connectivity index (χ3n) is 4.70. The van der Waals surface area contributed by atoms with Gasteiger partial charge in [0.1, 0.15) is 16.5 Å². The van der Waals surface area contributed by atoms with Gasteiger partial charge in [-0.05, 0) is 42.7 Å². The highest BCUT2D eigenvalue weighted by molar-refractivity contribution is 7.86. The van der Waals surface area contributed by atoms with Crippen LogP contribution in [0.1, 0.15) is 29.3 Å². The van der Waals surface area contributed by atoms with Crippen LogP contribution < -0.4 is 10.0 Å². The van der Waals surface area contributed by atoms with Crippen LogP contribution in [0.2, 0.25) is 5.02 Å². The summed E-state index contributed by atoms with van der Waals surface area (Å²) < 4.78 is 44.4. The molecule has 4 bridgehead atoms. The van der Waals surface area contributed by atoms with Gasteiger partial charge in [-0.25, -0.2) is 13.0 Å². The Morgan fingerprint density at radius 2 is 1.97 bits per heavy atom. The minimum atomic E-state index is -2.20. The van der Waals surface area contributed by atoms with Gasteiger partial charge in [0.15, 0.2) is 16.7 Å². The highest BCUT2D eigenvalue weighted by Crippen LogP contribution is 2.35. The summed E-state index contributed by atoms with van der Waals surface area (Å²) in [6.07, 6.45) is 5.16. The number of hydrogen-bond donors (Lipinski definition) is 3. The van der Waals surface area contributed by atoms with Gasteiger partial charge in [-0.1, -0.05) is 36.4 Å². The topological polar surface area (TPSA) is 78.4 Å². The van der Waals surface area contributed by atoms with E-state index in [0.29, 0.717) is 23.6 Å². The Balaban J connectivity index is 2.23. The number of nitrogens with one attached hydrogen (secondary N) is 2. The first-order valence-corrected chi connectivity index (χ1v) is 10.8. The van der Waals surface area contributed by atoms with Crippen LogP contribution >= 0.6 is 11.6 Å². The lowest BCUT2D eigenvalue weighted by molar-refractivity contribution is 0.0954. The molecule has 1 amide bonds. The van der Waals surface area contributed by atoms with E-state index in [0.717, 1.165) is 0 Å². The van der Waals surface area contributed by atoms with Crippen LogP contribution in [-0.4, -0.2) is 21.8 Å². The minimum Gasteiger partial charge on any atom is -0.505 e. The Morgan fingerprint density at radius 1 is 1.23 bits per heavy atom. The van der Waals surface area contributed by atoms with E-state index in [1.54, 1.807) is 19.1 Å². The largest absolute Gasteiger partial charge is 0.505 e. The molecule has 1 atom stereocenters. The Morgan fingerprint density at radius 3 is 2.65 bits per heavy atom. The molecule has 0 saturated heterocycles. The summed E-state index contributed by atoms with van der Waals surface area (Å²) in [5, 5.41) is 12.7. The summed E-state index contributed by atoms with van der Waals surface area (Å²) in [7, 11) is -2.20. The van der Waals surface area contributed by atoms with Gasteiger partial charge in [0, 0.05) is 23.7 Å². The van der Waals surface area contributed by atoms with Crippen LogP contribution in [0, 0.1) is 11.6 Å². The second-order valence-corrected chi connectivity index (χ2v) is 8.21. The molecule has 3 rings (SSSR count). The number of aromatic hydroxyl groups is 1. The molecule has 1 aliphatic rings. The van der Waals surface area contributed by atoms with Gasteiger partial charge in [0.05, 0.1) is 10.7 Å². The molecule has 0 aliphatic carbocycles. The van der Waals surface area contributed by atoms with Gasteiger partial charge in [0.25, 0.3) is 5.91 Å². The molecule has 0 saturated carbocycles. The second kappa shape index (κ2) is 9.45. The maximum atomic E-state index is 14.7. The molecule has 0 radical (unpaired) electrons. The second-order valence-electron chi connectivity index (χ2n) is 6.62. The number of allylic oxidation sites excluding steroid dienone is 4. The first kappa shape index (κ1) is 22.7. The number of phenolic OH excluding ortho intramolecular Hbond substituents is 1. The molecule has 2 aromatic rings. The molecule has 1 unspecified atom stereocenters. The number of fused-ring (bicyclic) bond motifs is 4. The molecule has 1 aliphatic heterocycles. The van der Waals surface area contributed by atoms with Crippen molar-refractivity contribution in [2.24, 2.45) is 0 Å². The molecule has 31 heavy (non-hydrogen) atoms. The predicted molar refractivity (Wildman–Crippen MR) is 118 cm³/mol. The smallest absolute Gasteiger partial charge is 0.251 e. The number of amides is 1. The highest BCUT2D eigenvalue weighted by atomic mass is 35.5. The summed E-state index contributed by atoms with van der Waals surface area (Å²) in [6, 6.07) is 4.34. The average Bonchev–Trinajstić information content (AvgIpc) is 2.73. The molecule has 0 spiro atoms. The lowest BCUT2D eigenvalue weighted by atomic mass is 9.94. The Hall–Kier alpha value is -2.97. The fourth-order valence-electron chi connectivity index (χ4n) is 3.17. The van der Waals surface area contributed by atoms with Gasteiger partial charge < -0.3 is 10.4 Å². The summed E-state index contributed by atoms with van der Waals surface area (Å²) in [4.78, 5) is 12.3. The molecule has 162 valence electrons.